The number of hydrogen-bond donors (Lipinski definition) is 1. The number of hydrogen-bond acceptors (Lipinski definition) is 5. The van der Waals surface area contributed by atoms with Gasteiger partial charge in [0, 0.05) is 29.5 Å². The van der Waals surface area contributed by atoms with Crippen LogP contribution in [0.2, 0.25) is 5.02 Å². The van der Waals surface area contributed by atoms with Gasteiger partial charge in [-0.3, -0.25) is 0 Å². The fourth-order valence-electron chi connectivity index (χ4n) is 1.46. The van der Waals surface area contributed by atoms with E-state index in [4.69, 9.17) is 22.1 Å². The molecule has 0 bridgehead atoms. The van der Waals surface area contributed by atoms with Crippen LogP contribution in [0.3, 0.4) is 0 Å². The Labute approximate surface area is 115 Å². The summed E-state index contributed by atoms with van der Waals surface area (Å²) in [6.07, 6.45) is 1.89. The predicted octanol–water partition coefficient (Wildman–Crippen LogP) is 3.40. The Hall–Kier alpha value is -1.17. The van der Waals surface area contributed by atoms with E-state index in [1.165, 1.54) is 11.5 Å². The topological polar surface area (TPSA) is 61.0 Å². The maximum absolute atomic E-state index is 6.06. The highest BCUT2D eigenvalue weighted by molar-refractivity contribution is 7.07. The molecule has 0 spiro atoms. The Bertz CT molecular complexity index is 530. The van der Waals surface area contributed by atoms with Gasteiger partial charge in [-0.05, 0) is 24.1 Å². The van der Waals surface area contributed by atoms with Crippen molar-refractivity contribution in [1.82, 2.24) is 9.36 Å². The number of halogens is 1. The number of aryl methyl sites for hydroxylation is 1. The lowest BCUT2D eigenvalue weighted by Crippen LogP contribution is -1.97. The molecule has 1 aromatic heterocycles. The highest BCUT2D eigenvalue weighted by Crippen LogP contribution is 2.27. The van der Waals surface area contributed by atoms with E-state index in [1.807, 2.05) is 12.1 Å². The van der Waals surface area contributed by atoms with Gasteiger partial charge in [-0.1, -0.05) is 24.6 Å². The first-order valence-electron chi connectivity index (χ1n) is 5.72. The molecule has 1 aromatic carbocycles. The summed E-state index contributed by atoms with van der Waals surface area (Å²) in [7, 11) is 0. The van der Waals surface area contributed by atoms with Gasteiger partial charge < -0.3 is 10.5 Å². The minimum atomic E-state index is 0.415. The third-order valence-electron chi connectivity index (χ3n) is 2.37. The van der Waals surface area contributed by atoms with Crippen LogP contribution in [-0.4, -0.2) is 9.36 Å². The first-order chi connectivity index (χ1) is 8.72. The summed E-state index contributed by atoms with van der Waals surface area (Å²) in [5.74, 6) is 1.47. The van der Waals surface area contributed by atoms with Crippen LogP contribution in [0.4, 0.5) is 0 Å². The fourth-order valence-corrected chi connectivity index (χ4v) is 2.31. The second kappa shape index (κ2) is 6.13. The second-order valence-electron chi connectivity index (χ2n) is 3.79. The maximum atomic E-state index is 6.06. The molecule has 2 rings (SSSR count). The lowest BCUT2D eigenvalue weighted by atomic mass is 10.2. The van der Waals surface area contributed by atoms with Crippen molar-refractivity contribution >= 4 is 23.1 Å². The molecule has 2 N–H and O–H groups in total. The highest BCUT2D eigenvalue weighted by Gasteiger charge is 2.07. The van der Waals surface area contributed by atoms with Crippen molar-refractivity contribution in [3.05, 3.63) is 34.6 Å². The highest BCUT2D eigenvalue weighted by atomic mass is 35.5. The van der Waals surface area contributed by atoms with Gasteiger partial charge in [-0.2, -0.15) is 9.36 Å². The van der Waals surface area contributed by atoms with Crippen molar-refractivity contribution in [2.24, 2.45) is 5.73 Å². The molecule has 0 aliphatic rings. The van der Waals surface area contributed by atoms with Gasteiger partial charge in [-0.25, -0.2) is 0 Å². The van der Waals surface area contributed by atoms with Crippen molar-refractivity contribution in [3.8, 4) is 10.9 Å². The second-order valence-corrected chi connectivity index (χ2v) is 4.91. The van der Waals surface area contributed by atoms with Crippen LogP contribution < -0.4 is 10.5 Å². The van der Waals surface area contributed by atoms with Crippen LogP contribution >= 0.6 is 23.1 Å². The quantitative estimate of drug-likeness (QED) is 0.913. The molecule has 0 fully saturated rings. The van der Waals surface area contributed by atoms with Crippen LogP contribution in [0.5, 0.6) is 10.9 Å². The van der Waals surface area contributed by atoms with E-state index in [0.717, 1.165) is 24.2 Å². The summed E-state index contributed by atoms with van der Waals surface area (Å²) >= 11 is 7.31. The molecule has 0 saturated heterocycles. The zero-order valence-corrected chi connectivity index (χ0v) is 11.6. The smallest absolute Gasteiger partial charge is 0.298 e. The molecule has 0 aliphatic heterocycles. The SMILES string of the molecule is CCCc1nsc(Oc2ccc(CN)c(Cl)c2)n1. The van der Waals surface area contributed by atoms with Crippen molar-refractivity contribution < 1.29 is 4.74 Å². The molecule has 0 radical (unpaired) electrons. The monoisotopic (exact) mass is 283 g/mol. The Morgan fingerprint density at radius 1 is 1.44 bits per heavy atom. The molecule has 0 atom stereocenters. The molecule has 96 valence electrons. The van der Waals surface area contributed by atoms with E-state index >= 15 is 0 Å². The lowest BCUT2D eigenvalue weighted by molar-refractivity contribution is 0.477. The van der Waals surface area contributed by atoms with E-state index in [1.54, 1.807) is 6.07 Å². The van der Waals surface area contributed by atoms with Crippen molar-refractivity contribution in [1.29, 1.82) is 0 Å². The van der Waals surface area contributed by atoms with Gasteiger partial charge in [-0.15, -0.1) is 0 Å². The Balaban J connectivity index is 2.10. The summed E-state index contributed by atoms with van der Waals surface area (Å²) in [6.45, 7) is 2.51. The van der Waals surface area contributed by atoms with E-state index < -0.39 is 0 Å². The number of nitrogens with zero attached hydrogens (tertiary/aromatic N) is 2. The number of ether oxygens (including phenoxy) is 1. The van der Waals surface area contributed by atoms with Crippen LogP contribution in [-0.2, 0) is 13.0 Å². The normalized spacial score (nSPS) is 10.6. The average Bonchev–Trinajstić information content (AvgIpc) is 2.77. The Kier molecular flexibility index (Phi) is 4.52. The lowest BCUT2D eigenvalue weighted by Gasteiger charge is -2.04. The number of rotatable bonds is 5. The van der Waals surface area contributed by atoms with Crippen LogP contribution in [0.15, 0.2) is 18.2 Å². The Morgan fingerprint density at radius 3 is 2.94 bits per heavy atom. The summed E-state index contributed by atoms with van der Waals surface area (Å²) in [5.41, 5.74) is 6.44. The van der Waals surface area contributed by atoms with Gasteiger partial charge in [0.2, 0.25) is 0 Å². The molecule has 0 saturated carbocycles. The predicted molar refractivity (Wildman–Crippen MR) is 73.3 cm³/mol. The maximum Gasteiger partial charge on any atom is 0.298 e. The number of aromatic nitrogens is 2. The van der Waals surface area contributed by atoms with Crippen LogP contribution in [0.1, 0.15) is 24.7 Å². The molecule has 6 heteroatoms. The first kappa shape index (κ1) is 13.3. The molecule has 2 aromatic rings. The molecule has 4 nitrogen and oxygen atoms in total. The molecular weight excluding hydrogens is 270 g/mol. The summed E-state index contributed by atoms with van der Waals surface area (Å²) in [6, 6.07) is 5.42. The molecule has 18 heavy (non-hydrogen) atoms. The molecule has 1 heterocycles. The van der Waals surface area contributed by atoms with E-state index in [-0.39, 0.29) is 0 Å². The van der Waals surface area contributed by atoms with Gasteiger partial charge >= 0.3 is 0 Å². The molecule has 0 aliphatic carbocycles. The minimum absolute atomic E-state index is 0.415. The van der Waals surface area contributed by atoms with Crippen molar-refractivity contribution in [2.75, 3.05) is 0 Å². The third kappa shape index (κ3) is 3.19. The molecular formula is C12H14ClN3OS. The van der Waals surface area contributed by atoms with Crippen LogP contribution in [0.25, 0.3) is 0 Å². The average molecular weight is 284 g/mol. The van der Waals surface area contributed by atoms with Gasteiger partial charge in [0.25, 0.3) is 5.19 Å². The summed E-state index contributed by atoms with van der Waals surface area (Å²) in [5, 5.41) is 1.14. The van der Waals surface area contributed by atoms with Crippen molar-refractivity contribution in [2.45, 2.75) is 26.3 Å². The van der Waals surface area contributed by atoms with E-state index in [0.29, 0.717) is 22.5 Å². The van der Waals surface area contributed by atoms with E-state index in [9.17, 15) is 0 Å². The number of benzene rings is 1. The van der Waals surface area contributed by atoms with Crippen LogP contribution in [0, 0.1) is 0 Å². The standard InChI is InChI=1S/C12H14ClN3OS/c1-2-3-11-15-12(18-16-11)17-9-5-4-8(7-14)10(13)6-9/h4-6H,2-3,7,14H2,1H3. The Morgan fingerprint density at radius 2 is 2.28 bits per heavy atom. The third-order valence-corrected chi connectivity index (χ3v) is 3.36. The largest absolute Gasteiger partial charge is 0.430 e. The van der Waals surface area contributed by atoms with Gasteiger partial charge in [0.1, 0.15) is 11.6 Å². The number of nitrogens with two attached hydrogens (primary N) is 1. The van der Waals surface area contributed by atoms with Gasteiger partial charge in [0.05, 0.1) is 0 Å². The van der Waals surface area contributed by atoms with Gasteiger partial charge in [0.15, 0.2) is 0 Å². The molecule has 0 unspecified atom stereocenters. The molecule has 0 amide bonds. The summed E-state index contributed by atoms with van der Waals surface area (Å²) in [4.78, 5) is 4.28. The zero-order chi connectivity index (χ0) is 13.0. The summed E-state index contributed by atoms with van der Waals surface area (Å²) < 4.78 is 9.82. The fraction of sp³-hybridized carbons (Fsp3) is 0.333. The first-order valence-corrected chi connectivity index (χ1v) is 6.87. The van der Waals surface area contributed by atoms with Crippen molar-refractivity contribution in [3.63, 3.8) is 0 Å². The zero-order valence-electron chi connectivity index (χ0n) is 10.0. The minimum Gasteiger partial charge on any atom is -0.430 e. The van der Waals surface area contributed by atoms with E-state index in [2.05, 4.69) is 16.3 Å².